The molecule has 0 amide bonds. The van der Waals surface area contributed by atoms with E-state index in [-0.39, 0.29) is 11.9 Å². The van der Waals surface area contributed by atoms with Gasteiger partial charge in [0, 0.05) is 13.1 Å². The lowest BCUT2D eigenvalue weighted by molar-refractivity contribution is -0.154. The largest absolute Gasteiger partial charge is 0.469 e. The van der Waals surface area contributed by atoms with E-state index in [0.29, 0.717) is 5.95 Å². The van der Waals surface area contributed by atoms with Gasteiger partial charge in [-0.3, -0.25) is 4.79 Å². The average Bonchev–Trinajstić information content (AvgIpc) is 3.11. The number of nitrogens with zero attached hydrogens (tertiary/aromatic N) is 5. The van der Waals surface area contributed by atoms with Gasteiger partial charge in [0.25, 0.3) is 0 Å². The Hall–Kier alpha value is -2.44. The van der Waals surface area contributed by atoms with Crippen molar-refractivity contribution in [3.05, 3.63) is 29.8 Å². The molecular weight excluding hydrogens is 318 g/mol. The van der Waals surface area contributed by atoms with Crippen molar-refractivity contribution in [2.45, 2.75) is 33.6 Å². The van der Waals surface area contributed by atoms with Crippen LogP contribution >= 0.6 is 0 Å². The number of methoxy groups -OCH3 is 1. The van der Waals surface area contributed by atoms with Crippen LogP contribution in [0.3, 0.4) is 0 Å². The highest BCUT2D eigenvalue weighted by Crippen LogP contribution is 2.36. The van der Waals surface area contributed by atoms with Crippen molar-refractivity contribution in [2.75, 3.05) is 25.1 Å². The van der Waals surface area contributed by atoms with Crippen molar-refractivity contribution in [3.8, 4) is 5.69 Å². The van der Waals surface area contributed by atoms with Crippen molar-refractivity contribution < 1.29 is 9.53 Å². The summed E-state index contributed by atoms with van der Waals surface area (Å²) in [6, 6.07) is 8.10. The number of carbonyl (C=O) groups excluding carboxylic acids is 1. The third-order valence-corrected chi connectivity index (χ3v) is 5.17. The minimum Gasteiger partial charge on any atom is -0.469 e. The Balaban J connectivity index is 1.84. The first kappa shape index (κ1) is 17.4. The molecule has 7 heteroatoms. The second kappa shape index (κ2) is 6.82. The van der Waals surface area contributed by atoms with E-state index in [1.807, 2.05) is 38.1 Å². The highest BCUT2D eigenvalue weighted by Gasteiger charge is 2.40. The van der Waals surface area contributed by atoms with Crippen molar-refractivity contribution >= 4 is 11.9 Å². The molecule has 0 N–H and O–H groups in total. The van der Waals surface area contributed by atoms with Crippen LogP contribution in [0, 0.1) is 18.3 Å². The number of hydrogen-bond acceptors (Lipinski definition) is 6. The first-order chi connectivity index (χ1) is 11.9. The number of carbonyl (C=O) groups is 1. The molecule has 0 spiro atoms. The van der Waals surface area contributed by atoms with E-state index in [9.17, 15) is 4.79 Å². The Morgan fingerprint density at radius 2 is 2.00 bits per heavy atom. The zero-order valence-corrected chi connectivity index (χ0v) is 15.3. The average molecular weight is 343 g/mol. The first-order valence-electron chi connectivity index (χ1n) is 8.62. The number of esters is 1. The molecule has 134 valence electrons. The van der Waals surface area contributed by atoms with Crippen LogP contribution < -0.4 is 4.90 Å². The summed E-state index contributed by atoms with van der Waals surface area (Å²) in [7, 11) is 1.45. The standard InChI is InChI=1S/C18H25N5O2/c1-13-7-9-15(10-8-13)23-17(19-20-21-23)22-11-5-6-14(12-22)18(2,3)16(24)25-4/h7-10,14H,5-6,11-12H2,1-4H3. The van der Waals surface area contributed by atoms with Crippen LogP contribution in [-0.4, -0.2) is 46.4 Å². The number of aromatic nitrogens is 4. The molecule has 0 radical (unpaired) electrons. The molecule has 7 nitrogen and oxygen atoms in total. The molecule has 0 saturated carbocycles. The van der Waals surface area contributed by atoms with Crippen molar-refractivity contribution in [2.24, 2.45) is 11.3 Å². The number of ether oxygens (including phenoxy) is 1. The highest BCUT2D eigenvalue weighted by molar-refractivity contribution is 5.76. The number of piperidine rings is 1. The quantitative estimate of drug-likeness (QED) is 0.794. The van der Waals surface area contributed by atoms with E-state index < -0.39 is 5.41 Å². The number of anilines is 1. The Bertz CT molecular complexity index is 738. The van der Waals surface area contributed by atoms with Gasteiger partial charge >= 0.3 is 5.97 Å². The molecule has 1 aromatic heterocycles. The van der Waals surface area contributed by atoms with Crippen LogP contribution in [0.25, 0.3) is 5.69 Å². The number of hydrogen-bond donors (Lipinski definition) is 0. The van der Waals surface area contributed by atoms with Gasteiger partial charge in [-0.2, -0.15) is 4.68 Å². The van der Waals surface area contributed by atoms with Gasteiger partial charge in [-0.05, 0) is 62.1 Å². The van der Waals surface area contributed by atoms with Crippen LogP contribution in [0.15, 0.2) is 24.3 Å². The Kier molecular flexibility index (Phi) is 4.74. The minimum atomic E-state index is -0.532. The number of rotatable bonds is 4. The van der Waals surface area contributed by atoms with Gasteiger partial charge in [0.2, 0.25) is 5.95 Å². The fraction of sp³-hybridized carbons (Fsp3) is 0.556. The van der Waals surface area contributed by atoms with Gasteiger partial charge in [0.15, 0.2) is 0 Å². The van der Waals surface area contributed by atoms with Crippen LogP contribution in [0.1, 0.15) is 32.3 Å². The van der Waals surface area contributed by atoms with E-state index >= 15 is 0 Å². The Labute approximate surface area is 148 Å². The smallest absolute Gasteiger partial charge is 0.311 e. The van der Waals surface area contributed by atoms with Crippen LogP contribution in [0.2, 0.25) is 0 Å². The molecule has 1 aliphatic heterocycles. The van der Waals surface area contributed by atoms with Crippen molar-refractivity contribution in [1.29, 1.82) is 0 Å². The third-order valence-electron chi connectivity index (χ3n) is 5.17. The maximum atomic E-state index is 12.2. The lowest BCUT2D eigenvalue weighted by atomic mass is 9.74. The lowest BCUT2D eigenvalue weighted by Crippen LogP contribution is -2.46. The second-order valence-corrected chi connectivity index (χ2v) is 7.22. The number of aryl methyl sites for hydroxylation is 1. The highest BCUT2D eigenvalue weighted by atomic mass is 16.5. The summed E-state index contributed by atoms with van der Waals surface area (Å²) in [5.41, 5.74) is 1.59. The van der Waals surface area contributed by atoms with Crippen molar-refractivity contribution in [3.63, 3.8) is 0 Å². The molecule has 3 rings (SSSR count). The summed E-state index contributed by atoms with van der Waals surface area (Å²) in [5.74, 6) is 0.739. The summed E-state index contributed by atoms with van der Waals surface area (Å²) >= 11 is 0. The fourth-order valence-corrected chi connectivity index (χ4v) is 3.41. The summed E-state index contributed by atoms with van der Waals surface area (Å²) in [4.78, 5) is 14.3. The second-order valence-electron chi connectivity index (χ2n) is 7.22. The predicted octanol–water partition coefficient (Wildman–Crippen LogP) is 2.39. The third kappa shape index (κ3) is 3.36. The molecule has 2 heterocycles. The SMILES string of the molecule is COC(=O)C(C)(C)C1CCCN(c2nnnn2-c2ccc(C)cc2)C1. The molecule has 1 fully saturated rings. The van der Waals surface area contributed by atoms with E-state index in [1.54, 1.807) is 4.68 Å². The zero-order chi connectivity index (χ0) is 18.0. The molecular formula is C18H25N5O2. The van der Waals surface area contributed by atoms with E-state index in [2.05, 4.69) is 27.3 Å². The molecule has 1 aromatic carbocycles. The van der Waals surface area contributed by atoms with Gasteiger partial charge in [-0.1, -0.05) is 22.8 Å². The number of tetrazole rings is 1. The van der Waals surface area contributed by atoms with E-state index in [0.717, 1.165) is 31.6 Å². The topological polar surface area (TPSA) is 73.1 Å². The van der Waals surface area contributed by atoms with Gasteiger partial charge in [0.05, 0.1) is 18.2 Å². The van der Waals surface area contributed by atoms with Gasteiger partial charge in [-0.15, -0.1) is 0 Å². The molecule has 2 aromatic rings. The maximum Gasteiger partial charge on any atom is 0.311 e. The van der Waals surface area contributed by atoms with Crippen LogP contribution in [0.5, 0.6) is 0 Å². The monoisotopic (exact) mass is 343 g/mol. The van der Waals surface area contributed by atoms with Crippen LogP contribution in [0.4, 0.5) is 5.95 Å². The predicted molar refractivity (Wildman–Crippen MR) is 94.6 cm³/mol. The lowest BCUT2D eigenvalue weighted by Gasteiger charge is -2.39. The Morgan fingerprint density at radius 3 is 2.68 bits per heavy atom. The number of benzene rings is 1. The minimum absolute atomic E-state index is 0.169. The summed E-state index contributed by atoms with van der Waals surface area (Å²) in [6.07, 6.45) is 1.98. The molecule has 1 atom stereocenters. The summed E-state index contributed by atoms with van der Waals surface area (Å²) < 4.78 is 6.75. The molecule has 0 aliphatic carbocycles. The summed E-state index contributed by atoms with van der Waals surface area (Å²) in [6.45, 7) is 7.56. The van der Waals surface area contributed by atoms with Crippen molar-refractivity contribution in [1.82, 2.24) is 20.2 Å². The van der Waals surface area contributed by atoms with Gasteiger partial charge in [-0.25, -0.2) is 0 Å². The molecule has 1 saturated heterocycles. The van der Waals surface area contributed by atoms with Gasteiger partial charge in [0.1, 0.15) is 0 Å². The van der Waals surface area contributed by atoms with Crippen LogP contribution in [-0.2, 0) is 9.53 Å². The molecule has 0 bridgehead atoms. The first-order valence-corrected chi connectivity index (χ1v) is 8.62. The molecule has 1 unspecified atom stereocenters. The van der Waals surface area contributed by atoms with Gasteiger partial charge < -0.3 is 9.64 Å². The van der Waals surface area contributed by atoms with E-state index in [1.165, 1.54) is 12.7 Å². The summed E-state index contributed by atoms with van der Waals surface area (Å²) in [5, 5.41) is 12.2. The Morgan fingerprint density at radius 1 is 1.28 bits per heavy atom. The fourth-order valence-electron chi connectivity index (χ4n) is 3.41. The maximum absolute atomic E-state index is 12.2. The zero-order valence-electron chi connectivity index (χ0n) is 15.3. The normalized spacial score (nSPS) is 18.2. The molecule has 25 heavy (non-hydrogen) atoms. The molecule has 1 aliphatic rings. The van der Waals surface area contributed by atoms with E-state index in [4.69, 9.17) is 4.74 Å².